The van der Waals surface area contributed by atoms with Crippen LogP contribution in [0.4, 0.5) is 5.69 Å². The Bertz CT molecular complexity index is 749. The van der Waals surface area contributed by atoms with Crippen LogP contribution in [-0.2, 0) is 4.79 Å². The SMILES string of the molecule is O=C(COc1ccccc1Cl)N/N=C\c1ccccc1[N+](=O)[O-]. The summed E-state index contributed by atoms with van der Waals surface area (Å²) in [5.74, 6) is -0.133. The quantitative estimate of drug-likeness (QED) is 0.499. The predicted octanol–water partition coefficient (Wildman–Crippen LogP) is 2.78. The van der Waals surface area contributed by atoms with E-state index in [-0.39, 0.29) is 17.9 Å². The first-order valence-electron chi connectivity index (χ1n) is 6.50. The molecule has 0 radical (unpaired) electrons. The number of amides is 1. The molecule has 0 spiro atoms. The van der Waals surface area contributed by atoms with Crippen molar-refractivity contribution in [1.29, 1.82) is 0 Å². The van der Waals surface area contributed by atoms with Gasteiger partial charge in [0.1, 0.15) is 5.75 Å². The van der Waals surface area contributed by atoms with Gasteiger partial charge >= 0.3 is 0 Å². The van der Waals surface area contributed by atoms with Crippen LogP contribution in [0.25, 0.3) is 0 Å². The average molecular weight is 334 g/mol. The Balaban J connectivity index is 1.90. The van der Waals surface area contributed by atoms with Gasteiger partial charge in [0.25, 0.3) is 11.6 Å². The number of hydrogen-bond donors (Lipinski definition) is 1. The minimum absolute atomic E-state index is 0.0992. The van der Waals surface area contributed by atoms with E-state index in [1.54, 1.807) is 36.4 Å². The summed E-state index contributed by atoms with van der Waals surface area (Å²) in [4.78, 5) is 21.9. The van der Waals surface area contributed by atoms with Crippen LogP contribution in [-0.4, -0.2) is 23.7 Å². The Morgan fingerprint density at radius 2 is 1.96 bits per heavy atom. The highest BCUT2D eigenvalue weighted by Gasteiger charge is 2.10. The highest BCUT2D eigenvalue weighted by molar-refractivity contribution is 6.32. The molecule has 2 aromatic rings. The van der Waals surface area contributed by atoms with Crippen molar-refractivity contribution in [3.63, 3.8) is 0 Å². The molecule has 1 amide bonds. The van der Waals surface area contributed by atoms with E-state index in [4.69, 9.17) is 16.3 Å². The first kappa shape index (κ1) is 16.4. The summed E-state index contributed by atoms with van der Waals surface area (Å²) in [6.45, 7) is -0.280. The zero-order chi connectivity index (χ0) is 16.7. The molecule has 0 saturated carbocycles. The van der Waals surface area contributed by atoms with Crippen molar-refractivity contribution in [2.24, 2.45) is 5.10 Å². The number of nitrogens with zero attached hydrogens (tertiary/aromatic N) is 2. The molecule has 0 fully saturated rings. The molecule has 0 aliphatic rings. The minimum Gasteiger partial charge on any atom is -0.482 e. The maximum atomic E-state index is 11.6. The number of hydrazone groups is 1. The fourth-order valence-corrected chi connectivity index (χ4v) is 1.86. The molecule has 0 aromatic heterocycles. The lowest BCUT2D eigenvalue weighted by molar-refractivity contribution is -0.385. The van der Waals surface area contributed by atoms with Gasteiger partial charge in [-0.15, -0.1) is 0 Å². The predicted molar refractivity (Wildman–Crippen MR) is 85.8 cm³/mol. The van der Waals surface area contributed by atoms with Crippen molar-refractivity contribution in [2.45, 2.75) is 0 Å². The molecule has 0 heterocycles. The van der Waals surface area contributed by atoms with Crippen LogP contribution >= 0.6 is 11.6 Å². The number of nitro groups is 1. The zero-order valence-electron chi connectivity index (χ0n) is 11.8. The van der Waals surface area contributed by atoms with Crippen LogP contribution in [0.3, 0.4) is 0 Å². The summed E-state index contributed by atoms with van der Waals surface area (Å²) in [7, 11) is 0. The van der Waals surface area contributed by atoms with Crippen molar-refractivity contribution in [1.82, 2.24) is 5.43 Å². The fraction of sp³-hybridized carbons (Fsp3) is 0.0667. The number of nitro benzene ring substituents is 1. The maximum Gasteiger partial charge on any atom is 0.278 e. The molecule has 0 unspecified atom stereocenters. The second-order valence-corrected chi connectivity index (χ2v) is 4.74. The van der Waals surface area contributed by atoms with Gasteiger partial charge in [0, 0.05) is 6.07 Å². The van der Waals surface area contributed by atoms with Crippen molar-refractivity contribution >= 4 is 29.4 Å². The first-order chi connectivity index (χ1) is 11.1. The third kappa shape index (κ3) is 4.79. The lowest BCUT2D eigenvalue weighted by atomic mass is 10.2. The van der Waals surface area contributed by atoms with E-state index in [0.717, 1.165) is 0 Å². The number of hydrogen-bond acceptors (Lipinski definition) is 5. The Morgan fingerprint density at radius 3 is 2.70 bits per heavy atom. The summed E-state index contributed by atoms with van der Waals surface area (Å²) in [5, 5.41) is 14.9. The van der Waals surface area contributed by atoms with E-state index in [0.29, 0.717) is 10.8 Å². The number of nitrogens with one attached hydrogen (secondary N) is 1. The van der Waals surface area contributed by atoms with Gasteiger partial charge in [-0.25, -0.2) is 5.43 Å². The number of ether oxygens (including phenoxy) is 1. The monoisotopic (exact) mass is 333 g/mol. The molecule has 2 rings (SSSR count). The summed E-state index contributed by atoms with van der Waals surface area (Å²) in [6, 6.07) is 12.8. The van der Waals surface area contributed by atoms with E-state index in [1.165, 1.54) is 18.3 Å². The van der Waals surface area contributed by atoms with Gasteiger partial charge in [-0.2, -0.15) is 5.10 Å². The lowest BCUT2D eigenvalue weighted by Crippen LogP contribution is -2.24. The van der Waals surface area contributed by atoms with E-state index in [1.807, 2.05) is 0 Å². The molecule has 0 saturated heterocycles. The average Bonchev–Trinajstić information content (AvgIpc) is 2.54. The standard InChI is InChI=1S/C15H12ClN3O4/c16-12-6-2-4-8-14(12)23-10-15(20)18-17-9-11-5-1-3-7-13(11)19(21)22/h1-9H,10H2,(H,18,20)/b17-9-. The number of rotatable bonds is 6. The first-order valence-corrected chi connectivity index (χ1v) is 6.88. The van der Waals surface area contributed by atoms with Gasteiger partial charge in [0.2, 0.25) is 0 Å². The highest BCUT2D eigenvalue weighted by Crippen LogP contribution is 2.22. The molecular weight excluding hydrogens is 322 g/mol. The normalized spacial score (nSPS) is 10.5. The summed E-state index contributed by atoms with van der Waals surface area (Å²) in [6.07, 6.45) is 1.20. The second kappa shape index (κ2) is 7.90. The molecule has 118 valence electrons. The smallest absolute Gasteiger partial charge is 0.278 e. The highest BCUT2D eigenvalue weighted by atomic mass is 35.5. The summed E-state index contributed by atoms with van der Waals surface area (Å²) in [5.41, 5.74) is 2.41. The van der Waals surface area contributed by atoms with E-state index >= 15 is 0 Å². The van der Waals surface area contributed by atoms with E-state index in [9.17, 15) is 14.9 Å². The molecule has 0 atom stereocenters. The molecule has 0 bridgehead atoms. The van der Waals surface area contributed by atoms with Crippen molar-refractivity contribution in [3.05, 3.63) is 69.2 Å². The summed E-state index contributed by atoms with van der Waals surface area (Å²) >= 11 is 5.89. The van der Waals surface area contributed by atoms with Crippen LogP contribution in [0.15, 0.2) is 53.6 Å². The van der Waals surface area contributed by atoms with E-state index in [2.05, 4.69) is 10.5 Å². The molecular formula is C15H12ClN3O4. The van der Waals surface area contributed by atoms with Crippen LogP contribution in [0.2, 0.25) is 5.02 Å². The van der Waals surface area contributed by atoms with Crippen LogP contribution in [0.1, 0.15) is 5.56 Å². The van der Waals surface area contributed by atoms with Crippen LogP contribution < -0.4 is 10.2 Å². The van der Waals surface area contributed by atoms with E-state index < -0.39 is 10.8 Å². The van der Waals surface area contributed by atoms with Gasteiger partial charge in [-0.1, -0.05) is 35.9 Å². The number of benzene rings is 2. The number of para-hydroxylation sites is 2. The molecule has 8 heteroatoms. The largest absolute Gasteiger partial charge is 0.482 e. The zero-order valence-corrected chi connectivity index (χ0v) is 12.6. The van der Waals surface area contributed by atoms with Gasteiger partial charge in [0.05, 0.1) is 21.7 Å². The third-order valence-electron chi connectivity index (χ3n) is 2.72. The Labute approximate surface area is 136 Å². The van der Waals surface area contributed by atoms with Crippen molar-refractivity contribution in [3.8, 4) is 5.75 Å². The Hall–Kier alpha value is -2.93. The van der Waals surface area contributed by atoms with Gasteiger partial charge in [0.15, 0.2) is 6.61 Å². The van der Waals surface area contributed by atoms with Crippen LogP contribution in [0, 0.1) is 10.1 Å². The Kier molecular flexibility index (Phi) is 5.65. The number of carbonyl (C=O) groups is 1. The Morgan fingerprint density at radius 1 is 1.26 bits per heavy atom. The van der Waals surface area contributed by atoms with Gasteiger partial charge < -0.3 is 4.74 Å². The number of carbonyl (C=O) groups excluding carboxylic acids is 1. The minimum atomic E-state index is -0.524. The topological polar surface area (TPSA) is 93.8 Å². The van der Waals surface area contributed by atoms with Gasteiger partial charge in [-0.3, -0.25) is 14.9 Å². The van der Waals surface area contributed by atoms with Crippen molar-refractivity contribution < 1.29 is 14.5 Å². The molecule has 2 aromatic carbocycles. The van der Waals surface area contributed by atoms with Crippen LogP contribution in [0.5, 0.6) is 5.75 Å². The van der Waals surface area contributed by atoms with Gasteiger partial charge in [-0.05, 0) is 18.2 Å². The molecule has 1 N–H and O–H groups in total. The maximum absolute atomic E-state index is 11.6. The third-order valence-corrected chi connectivity index (χ3v) is 3.03. The summed E-state index contributed by atoms with van der Waals surface area (Å²) < 4.78 is 5.24. The molecule has 0 aliphatic heterocycles. The van der Waals surface area contributed by atoms with Crippen molar-refractivity contribution in [2.75, 3.05) is 6.61 Å². The number of halogens is 1. The fourth-order valence-electron chi connectivity index (χ4n) is 1.67. The second-order valence-electron chi connectivity index (χ2n) is 4.33. The molecule has 7 nitrogen and oxygen atoms in total. The lowest BCUT2D eigenvalue weighted by Gasteiger charge is -2.06. The molecule has 0 aliphatic carbocycles. The molecule has 23 heavy (non-hydrogen) atoms.